The molecule has 9 heteroatoms. The Hall–Kier alpha value is -1.97. The third-order valence-electron chi connectivity index (χ3n) is 5.89. The Morgan fingerprint density at radius 2 is 1.83 bits per heavy atom. The summed E-state index contributed by atoms with van der Waals surface area (Å²) < 4.78 is 36.7. The summed E-state index contributed by atoms with van der Waals surface area (Å²) in [5.74, 6) is -0.404. The monoisotopic (exact) mass is 438 g/mol. The van der Waals surface area contributed by atoms with Gasteiger partial charge in [0.2, 0.25) is 15.9 Å². The standard InChI is InChI=1S/C21H30N2O6S/c1-22(2)30(26,27)18-7-5-6-17(14-18)16-29-20(25)21(8-3-4-9-21)15-19(24)23-10-12-28-13-11-23/h5-7,14H,3-4,8-13,15-16H2,1-2H3. The first-order chi connectivity index (χ1) is 14.2. The lowest BCUT2D eigenvalue weighted by molar-refractivity contribution is -0.161. The van der Waals surface area contributed by atoms with Crippen LogP contribution in [-0.2, 0) is 35.7 Å². The molecule has 166 valence electrons. The molecule has 0 aromatic heterocycles. The third-order valence-corrected chi connectivity index (χ3v) is 7.71. The number of carbonyl (C=O) groups excluding carboxylic acids is 2. The second-order valence-electron chi connectivity index (χ2n) is 8.17. The van der Waals surface area contributed by atoms with Crippen molar-refractivity contribution in [1.29, 1.82) is 0 Å². The van der Waals surface area contributed by atoms with Gasteiger partial charge in [0, 0.05) is 33.6 Å². The molecule has 1 saturated carbocycles. The SMILES string of the molecule is CN(C)S(=O)(=O)c1cccc(COC(=O)C2(CC(=O)N3CCOCC3)CCCC2)c1. The van der Waals surface area contributed by atoms with E-state index < -0.39 is 15.4 Å². The topological polar surface area (TPSA) is 93.2 Å². The summed E-state index contributed by atoms with van der Waals surface area (Å²) >= 11 is 0. The summed E-state index contributed by atoms with van der Waals surface area (Å²) in [7, 11) is -0.622. The Kier molecular flexibility index (Phi) is 7.15. The quantitative estimate of drug-likeness (QED) is 0.603. The van der Waals surface area contributed by atoms with Gasteiger partial charge in [0.1, 0.15) is 6.61 Å². The van der Waals surface area contributed by atoms with Crippen LogP contribution in [0.15, 0.2) is 29.2 Å². The van der Waals surface area contributed by atoms with E-state index in [9.17, 15) is 18.0 Å². The number of carbonyl (C=O) groups is 2. The molecular formula is C21H30N2O6S. The molecule has 2 aliphatic rings. The normalized spacial score (nSPS) is 19.1. The average molecular weight is 439 g/mol. The summed E-state index contributed by atoms with van der Waals surface area (Å²) in [4.78, 5) is 27.7. The average Bonchev–Trinajstić information content (AvgIpc) is 3.22. The zero-order valence-electron chi connectivity index (χ0n) is 17.6. The number of benzene rings is 1. The predicted molar refractivity (Wildman–Crippen MR) is 110 cm³/mol. The number of esters is 1. The fourth-order valence-electron chi connectivity index (χ4n) is 4.03. The van der Waals surface area contributed by atoms with E-state index in [1.54, 1.807) is 17.0 Å². The zero-order chi connectivity index (χ0) is 21.8. The maximum Gasteiger partial charge on any atom is 0.312 e. The van der Waals surface area contributed by atoms with E-state index in [-0.39, 0.29) is 29.8 Å². The van der Waals surface area contributed by atoms with Crippen LogP contribution >= 0.6 is 0 Å². The third kappa shape index (κ3) is 5.01. The van der Waals surface area contributed by atoms with Gasteiger partial charge in [-0.25, -0.2) is 12.7 Å². The number of nitrogens with zero attached hydrogens (tertiary/aromatic N) is 2. The van der Waals surface area contributed by atoms with Crippen molar-refractivity contribution < 1.29 is 27.5 Å². The first-order valence-corrected chi connectivity index (χ1v) is 11.7. The van der Waals surface area contributed by atoms with Crippen LogP contribution in [-0.4, -0.2) is 69.9 Å². The van der Waals surface area contributed by atoms with Gasteiger partial charge in [0.05, 0.1) is 23.5 Å². The van der Waals surface area contributed by atoms with Gasteiger partial charge in [0.15, 0.2) is 0 Å². The molecule has 1 aliphatic carbocycles. The Bertz CT molecular complexity index is 871. The van der Waals surface area contributed by atoms with Crippen LogP contribution in [0.5, 0.6) is 0 Å². The molecule has 1 aromatic carbocycles. The number of hydrogen-bond donors (Lipinski definition) is 0. The second kappa shape index (κ2) is 9.45. The van der Waals surface area contributed by atoms with Crippen molar-refractivity contribution >= 4 is 21.9 Å². The van der Waals surface area contributed by atoms with Crippen LogP contribution in [0.1, 0.15) is 37.7 Å². The van der Waals surface area contributed by atoms with Crippen LogP contribution in [0.2, 0.25) is 0 Å². The number of sulfonamides is 1. The Morgan fingerprint density at radius 3 is 2.47 bits per heavy atom. The summed E-state index contributed by atoms with van der Waals surface area (Å²) in [6.07, 6.45) is 3.21. The number of amides is 1. The Balaban J connectivity index is 1.67. The van der Waals surface area contributed by atoms with Gasteiger partial charge in [0.25, 0.3) is 0 Å². The minimum Gasteiger partial charge on any atom is -0.460 e. The molecule has 1 saturated heterocycles. The van der Waals surface area contributed by atoms with E-state index >= 15 is 0 Å². The lowest BCUT2D eigenvalue weighted by Crippen LogP contribution is -2.44. The lowest BCUT2D eigenvalue weighted by Gasteiger charge is -2.32. The van der Waals surface area contributed by atoms with E-state index in [0.717, 1.165) is 17.1 Å². The molecule has 1 heterocycles. The minimum atomic E-state index is -3.56. The molecule has 1 aromatic rings. The first-order valence-electron chi connectivity index (χ1n) is 10.3. The molecule has 2 fully saturated rings. The molecule has 8 nitrogen and oxygen atoms in total. The fraction of sp³-hybridized carbons (Fsp3) is 0.619. The second-order valence-corrected chi connectivity index (χ2v) is 10.3. The number of rotatable bonds is 7. The van der Waals surface area contributed by atoms with Crippen molar-refractivity contribution in [2.75, 3.05) is 40.4 Å². The number of hydrogen-bond acceptors (Lipinski definition) is 6. The maximum atomic E-state index is 13.0. The molecule has 0 N–H and O–H groups in total. The van der Waals surface area contributed by atoms with Gasteiger partial charge in [-0.1, -0.05) is 25.0 Å². The van der Waals surface area contributed by atoms with E-state index in [4.69, 9.17) is 9.47 Å². The highest BCUT2D eigenvalue weighted by Gasteiger charge is 2.45. The summed E-state index contributed by atoms with van der Waals surface area (Å²) in [5.41, 5.74) is -0.193. The summed E-state index contributed by atoms with van der Waals surface area (Å²) in [5, 5.41) is 0. The van der Waals surface area contributed by atoms with Crippen LogP contribution in [0.3, 0.4) is 0 Å². The summed E-state index contributed by atoms with van der Waals surface area (Å²) in [6, 6.07) is 6.39. The predicted octanol–water partition coefficient (Wildman–Crippen LogP) is 1.79. The smallest absolute Gasteiger partial charge is 0.312 e. The zero-order valence-corrected chi connectivity index (χ0v) is 18.4. The molecule has 0 spiro atoms. The highest BCUT2D eigenvalue weighted by Crippen LogP contribution is 2.43. The molecule has 0 bridgehead atoms. The molecule has 0 atom stereocenters. The Labute approximate surface area is 178 Å². The largest absolute Gasteiger partial charge is 0.460 e. The summed E-state index contributed by atoms with van der Waals surface area (Å²) in [6.45, 7) is 2.13. The van der Waals surface area contributed by atoms with Gasteiger partial charge >= 0.3 is 5.97 Å². The highest BCUT2D eigenvalue weighted by atomic mass is 32.2. The van der Waals surface area contributed by atoms with E-state index in [1.165, 1.54) is 26.2 Å². The van der Waals surface area contributed by atoms with Crippen LogP contribution in [0, 0.1) is 5.41 Å². The van der Waals surface area contributed by atoms with Crippen molar-refractivity contribution in [2.24, 2.45) is 5.41 Å². The van der Waals surface area contributed by atoms with Crippen molar-refractivity contribution in [2.45, 2.75) is 43.6 Å². The van der Waals surface area contributed by atoms with Crippen molar-refractivity contribution in [3.8, 4) is 0 Å². The first kappa shape index (κ1) is 22.7. The number of morpholine rings is 1. The minimum absolute atomic E-state index is 0.0247. The molecule has 30 heavy (non-hydrogen) atoms. The van der Waals surface area contributed by atoms with Gasteiger partial charge in [-0.3, -0.25) is 9.59 Å². The Morgan fingerprint density at radius 1 is 1.17 bits per heavy atom. The van der Waals surface area contributed by atoms with Gasteiger partial charge in [-0.2, -0.15) is 0 Å². The van der Waals surface area contributed by atoms with E-state index in [0.29, 0.717) is 44.7 Å². The van der Waals surface area contributed by atoms with E-state index in [2.05, 4.69) is 0 Å². The van der Waals surface area contributed by atoms with Gasteiger partial charge < -0.3 is 14.4 Å². The van der Waals surface area contributed by atoms with Crippen LogP contribution in [0.25, 0.3) is 0 Å². The molecule has 0 radical (unpaired) electrons. The molecule has 1 amide bonds. The molecule has 3 rings (SSSR count). The maximum absolute atomic E-state index is 13.0. The van der Waals surface area contributed by atoms with Gasteiger partial charge in [-0.15, -0.1) is 0 Å². The fourth-order valence-corrected chi connectivity index (χ4v) is 5.00. The van der Waals surface area contributed by atoms with Crippen molar-refractivity contribution in [3.63, 3.8) is 0 Å². The highest BCUT2D eigenvalue weighted by molar-refractivity contribution is 7.89. The number of ether oxygens (including phenoxy) is 2. The molecule has 0 unspecified atom stereocenters. The van der Waals surface area contributed by atoms with Gasteiger partial charge in [-0.05, 0) is 30.5 Å². The lowest BCUT2D eigenvalue weighted by atomic mass is 9.82. The van der Waals surface area contributed by atoms with Crippen molar-refractivity contribution in [1.82, 2.24) is 9.21 Å². The van der Waals surface area contributed by atoms with Crippen LogP contribution in [0.4, 0.5) is 0 Å². The molecule has 1 aliphatic heterocycles. The molecular weight excluding hydrogens is 408 g/mol. The van der Waals surface area contributed by atoms with E-state index in [1.807, 2.05) is 0 Å². The van der Waals surface area contributed by atoms with Crippen LogP contribution < -0.4 is 0 Å². The van der Waals surface area contributed by atoms with Crippen molar-refractivity contribution in [3.05, 3.63) is 29.8 Å².